The van der Waals surface area contributed by atoms with Crippen LogP contribution in [0, 0.1) is 24.1 Å². The Kier molecular flexibility index (Phi) is 4.45. The summed E-state index contributed by atoms with van der Waals surface area (Å²) in [4.78, 5) is 4.38. The topological polar surface area (TPSA) is 41.6 Å². The third kappa shape index (κ3) is 3.43. The van der Waals surface area contributed by atoms with Crippen LogP contribution in [0.1, 0.15) is 16.7 Å². The summed E-state index contributed by atoms with van der Waals surface area (Å²) in [5, 5.41) is 9.76. The van der Waals surface area contributed by atoms with E-state index in [1.807, 2.05) is 29.0 Å². The third-order valence-corrected chi connectivity index (χ3v) is 4.48. The minimum Gasteiger partial charge on any atom is -0.295 e. The van der Waals surface area contributed by atoms with Crippen molar-refractivity contribution < 1.29 is 4.39 Å². The molecule has 3 aromatic rings. The monoisotopic (exact) mass is 323 g/mol. The van der Waals surface area contributed by atoms with E-state index in [1.165, 1.54) is 11.6 Å². The fraction of sp³-hybridized carbons (Fsp3) is 0.111. The molecule has 1 aromatic heterocycles. The van der Waals surface area contributed by atoms with Crippen LogP contribution in [0.4, 0.5) is 4.39 Å². The van der Waals surface area contributed by atoms with E-state index in [4.69, 9.17) is 5.26 Å². The lowest BCUT2D eigenvalue weighted by Gasteiger charge is -2.08. The Labute approximate surface area is 138 Å². The van der Waals surface area contributed by atoms with Gasteiger partial charge in [0.2, 0.25) is 0 Å². The van der Waals surface area contributed by atoms with Crippen molar-refractivity contribution in [3.63, 3.8) is 0 Å². The van der Waals surface area contributed by atoms with Crippen LogP contribution in [0.25, 0.3) is 5.69 Å². The zero-order valence-corrected chi connectivity index (χ0v) is 13.3. The summed E-state index contributed by atoms with van der Waals surface area (Å²) >= 11 is 1.55. The van der Waals surface area contributed by atoms with Crippen molar-refractivity contribution in [3.05, 3.63) is 77.4 Å². The molecule has 0 unspecified atom stereocenters. The molecule has 2 aromatic carbocycles. The molecule has 0 atom stereocenters. The predicted molar refractivity (Wildman–Crippen MR) is 89.0 cm³/mol. The van der Waals surface area contributed by atoms with Crippen molar-refractivity contribution in [2.45, 2.75) is 17.8 Å². The molecule has 114 valence electrons. The van der Waals surface area contributed by atoms with Crippen molar-refractivity contribution >= 4 is 11.8 Å². The molecule has 0 radical (unpaired) electrons. The van der Waals surface area contributed by atoms with Crippen LogP contribution in [0.2, 0.25) is 0 Å². The first-order valence-electron chi connectivity index (χ1n) is 7.09. The van der Waals surface area contributed by atoms with Gasteiger partial charge in [0.15, 0.2) is 5.16 Å². The number of aryl methyl sites for hydroxylation is 1. The molecule has 0 N–H and O–H groups in total. The molecule has 0 fully saturated rings. The number of hydrogen-bond acceptors (Lipinski definition) is 3. The molecule has 0 aliphatic heterocycles. The smallest absolute Gasteiger partial charge is 0.172 e. The molecule has 3 nitrogen and oxygen atoms in total. The highest BCUT2D eigenvalue weighted by Gasteiger charge is 2.08. The first kappa shape index (κ1) is 15.3. The molecule has 0 aliphatic rings. The summed E-state index contributed by atoms with van der Waals surface area (Å²) in [5.41, 5.74) is 3.22. The minimum absolute atomic E-state index is 0.0741. The van der Waals surface area contributed by atoms with E-state index in [-0.39, 0.29) is 5.56 Å². The van der Waals surface area contributed by atoms with E-state index in [1.54, 1.807) is 30.1 Å². The highest BCUT2D eigenvalue weighted by atomic mass is 32.2. The second-order valence-corrected chi connectivity index (χ2v) is 6.07. The van der Waals surface area contributed by atoms with Crippen LogP contribution >= 0.6 is 11.8 Å². The van der Waals surface area contributed by atoms with Crippen LogP contribution in [-0.2, 0) is 5.75 Å². The molecular weight excluding hydrogens is 309 g/mol. The number of hydrogen-bond donors (Lipinski definition) is 0. The molecule has 5 heteroatoms. The second kappa shape index (κ2) is 6.67. The summed E-state index contributed by atoms with van der Waals surface area (Å²) in [5.74, 6) is 0.139. The Morgan fingerprint density at radius 3 is 2.74 bits per heavy atom. The van der Waals surface area contributed by atoms with Gasteiger partial charge in [-0.1, -0.05) is 35.5 Å². The van der Waals surface area contributed by atoms with Crippen LogP contribution in [0.3, 0.4) is 0 Å². The maximum Gasteiger partial charge on any atom is 0.172 e. The van der Waals surface area contributed by atoms with Crippen molar-refractivity contribution in [2.24, 2.45) is 0 Å². The highest BCUT2D eigenvalue weighted by molar-refractivity contribution is 7.98. The van der Waals surface area contributed by atoms with Gasteiger partial charge in [0.05, 0.1) is 5.56 Å². The van der Waals surface area contributed by atoms with E-state index in [0.717, 1.165) is 16.4 Å². The summed E-state index contributed by atoms with van der Waals surface area (Å²) in [6, 6.07) is 14.7. The van der Waals surface area contributed by atoms with Gasteiger partial charge in [0, 0.05) is 23.8 Å². The summed E-state index contributed by atoms with van der Waals surface area (Å²) < 4.78 is 15.4. The second-order valence-electron chi connectivity index (χ2n) is 5.13. The van der Waals surface area contributed by atoms with Crippen molar-refractivity contribution in [1.82, 2.24) is 9.55 Å². The number of halogens is 1. The minimum atomic E-state index is -0.484. The lowest BCUT2D eigenvalue weighted by atomic mass is 10.1. The zero-order chi connectivity index (χ0) is 16.2. The first-order valence-corrected chi connectivity index (χ1v) is 8.07. The van der Waals surface area contributed by atoms with Crippen LogP contribution in [-0.4, -0.2) is 9.55 Å². The molecule has 0 bridgehead atoms. The summed E-state index contributed by atoms with van der Waals surface area (Å²) in [6.45, 7) is 2.05. The Morgan fingerprint density at radius 1 is 1.22 bits per heavy atom. The molecule has 0 spiro atoms. The number of thioether (sulfide) groups is 1. The lowest BCUT2D eigenvalue weighted by Crippen LogP contribution is -1.95. The SMILES string of the molecule is Cc1ccc(-n2ccnc2SCc2ccc(F)c(C#N)c2)cc1. The van der Waals surface area contributed by atoms with Gasteiger partial charge < -0.3 is 0 Å². The Balaban J connectivity index is 1.79. The third-order valence-electron chi connectivity index (χ3n) is 3.44. The predicted octanol–water partition coefficient (Wildman–Crippen LogP) is 4.48. The fourth-order valence-corrected chi connectivity index (χ4v) is 3.11. The maximum absolute atomic E-state index is 13.4. The molecule has 1 heterocycles. The Morgan fingerprint density at radius 2 is 2.00 bits per heavy atom. The zero-order valence-electron chi connectivity index (χ0n) is 12.5. The van der Waals surface area contributed by atoms with Gasteiger partial charge in [-0.05, 0) is 36.8 Å². The van der Waals surface area contributed by atoms with Crippen molar-refractivity contribution in [2.75, 3.05) is 0 Å². The number of imidazole rings is 1. The number of aromatic nitrogens is 2. The van der Waals surface area contributed by atoms with Crippen molar-refractivity contribution in [1.29, 1.82) is 5.26 Å². The van der Waals surface area contributed by atoms with E-state index in [0.29, 0.717) is 5.75 Å². The normalized spacial score (nSPS) is 10.5. The van der Waals surface area contributed by atoms with Gasteiger partial charge in [-0.2, -0.15) is 5.26 Å². The standard InChI is InChI=1S/C18H14FN3S/c1-13-2-5-16(6-3-13)22-9-8-21-18(22)23-12-14-4-7-17(19)15(10-14)11-20/h2-10H,12H2,1H3. The molecule has 0 amide bonds. The van der Waals surface area contributed by atoms with Crippen molar-refractivity contribution in [3.8, 4) is 11.8 Å². The van der Waals surface area contributed by atoms with Crippen LogP contribution in [0.15, 0.2) is 60.0 Å². The first-order chi connectivity index (χ1) is 11.2. The molecule has 0 saturated carbocycles. The van der Waals surface area contributed by atoms with Crippen LogP contribution in [0.5, 0.6) is 0 Å². The lowest BCUT2D eigenvalue weighted by molar-refractivity contribution is 0.623. The number of nitrogens with zero attached hydrogens (tertiary/aromatic N) is 3. The van der Waals surface area contributed by atoms with E-state index in [9.17, 15) is 4.39 Å². The summed E-state index contributed by atoms with van der Waals surface area (Å²) in [7, 11) is 0. The van der Waals surface area contributed by atoms with E-state index < -0.39 is 5.82 Å². The number of benzene rings is 2. The Bertz CT molecular complexity index is 863. The highest BCUT2D eigenvalue weighted by Crippen LogP contribution is 2.25. The molecule has 3 rings (SSSR count). The molecular formula is C18H14FN3S. The largest absolute Gasteiger partial charge is 0.295 e. The average Bonchev–Trinajstić information content (AvgIpc) is 3.03. The number of nitriles is 1. The van der Waals surface area contributed by atoms with Crippen LogP contribution < -0.4 is 0 Å². The van der Waals surface area contributed by atoms with Gasteiger partial charge in [-0.15, -0.1) is 0 Å². The van der Waals surface area contributed by atoms with Gasteiger partial charge in [-0.25, -0.2) is 9.37 Å². The van der Waals surface area contributed by atoms with E-state index in [2.05, 4.69) is 24.0 Å². The quantitative estimate of drug-likeness (QED) is 0.665. The molecule has 23 heavy (non-hydrogen) atoms. The van der Waals surface area contributed by atoms with Gasteiger partial charge >= 0.3 is 0 Å². The number of rotatable bonds is 4. The molecule has 0 aliphatic carbocycles. The van der Waals surface area contributed by atoms with Gasteiger partial charge in [0.1, 0.15) is 11.9 Å². The Hall–Kier alpha value is -2.58. The molecule has 0 saturated heterocycles. The maximum atomic E-state index is 13.4. The van der Waals surface area contributed by atoms with Gasteiger partial charge in [-0.3, -0.25) is 4.57 Å². The van der Waals surface area contributed by atoms with Gasteiger partial charge in [0.25, 0.3) is 0 Å². The van der Waals surface area contributed by atoms with E-state index >= 15 is 0 Å². The summed E-state index contributed by atoms with van der Waals surface area (Å²) in [6.07, 6.45) is 3.67. The fourth-order valence-electron chi connectivity index (χ4n) is 2.19. The average molecular weight is 323 g/mol.